The summed E-state index contributed by atoms with van der Waals surface area (Å²) in [5, 5.41) is 2.29. The lowest BCUT2D eigenvalue weighted by molar-refractivity contribution is 1.24. The highest BCUT2D eigenvalue weighted by atomic mass is 14.8. The highest BCUT2D eigenvalue weighted by molar-refractivity contribution is 5.85. The third-order valence-electron chi connectivity index (χ3n) is 3.34. The monoisotopic (exact) mass is 257 g/mol. The average Bonchev–Trinajstić information content (AvgIpc) is 2.54. The van der Waals surface area contributed by atoms with Gasteiger partial charge in [-0.1, -0.05) is 36.4 Å². The number of hydrogen-bond donors (Lipinski definition) is 0. The Bertz CT molecular complexity index is 838. The summed E-state index contributed by atoms with van der Waals surface area (Å²) >= 11 is 0. The second kappa shape index (κ2) is 4.38. The maximum atomic E-state index is 4.63. The number of hydrogen-bond acceptors (Lipinski definition) is 3. The Morgan fingerprint density at radius 3 is 2.25 bits per heavy atom. The van der Waals surface area contributed by atoms with E-state index in [0.717, 1.165) is 33.2 Å². The zero-order chi connectivity index (χ0) is 13.4. The average molecular weight is 257 g/mol. The summed E-state index contributed by atoms with van der Waals surface area (Å²) in [6.45, 7) is 0. The first-order valence-corrected chi connectivity index (χ1v) is 6.47. The van der Waals surface area contributed by atoms with Gasteiger partial charge in [-0.25, -0.2) is 4.98 Å². The van der Waals surface area contributed by atoms with Gasteiger partial charge in [0.05, 0.1) is 22.9 Å². The molecular formula is C17H11N3. The highest BCUT2D eigenvalue weighted by Gasteiger charge is 2.04. The van der Waals surface area contributed by atoms with Crippen molar-refractivity contribution in [3.8, 4) is 11.4 Å². The van der Waals surface area contributed by atoms with Crippen LogP contribution in [0.5, 0.6) is 0 Å². The number of nitrogens with zero attached hydrogens (tertiary/aromatic N) is 3. The molecule has 0 atom stereocenters. The molecule has 0 aliphatic carbocycles. The van der Waals surface area contributed by atoms with Gasteiger partial charge in [0, 0.05) is 11.6 Å². The van der Waals surface area contributed by atoms with Crippen LogP contribution in [0.3, 0.4) is 0 Å². The van der Waals surface area contributed by atoms with Crippen molar-refractivity contribution in [2.75, 3.05) is 0 Å². The summed E-state index contributed by atoms with van der Waals surface area (Å²) < 4.78 is 0. The van der Waals surface area contributed by atoms with Gasteiger partial charge in [0.15, 0.2) is 0 Å². The predicted octanol–water partition coefficient (Wildman–Crippen LogP) is 3.85. The summed E-state index contributed by atoms with van der Waals surface area (Å²) in [7, 11) is 0. The van der Waals surface area contributed by atoms with E-state index in [9.17, 15) is 0 Å². The molecular weight excluding hydrogens is 246 g/mol. The molecule has 94 valence electrons. The van der Waals surface area contributed by atoms with E-state index in [0.29, 0.717) is 0 Å². The van der Waals surface area contributed by atoms with Crippen LogP contribution in [0.2, 0.25) is 0 Å². The van der Waals surface area contributed by atoms with Crippen LogP contribution < -0.4 is 0 Å². The Hall–Kier alpha value is -2.81. The van der Waals surface area contributed by atoms with E-state index in [4.69, 9.17) is 0 Å². The van der Waals surface area contributed by atoms with Gasteiger partial charge >= 0.3 is 0 Å². The second-order valence-electron chi connectivity index (χ2n) is 4.66. The van der Waals surface area contributed by atoms with Crippen LogP contribution in [0.25, 0.3) is 33.2 Å². The summed E-state index contributed by atoms with van der Waals surface area (Å²) in [5.74, 6) is 0. The van der Waals surface area contributed by atoms with Crippen LogP contribution in [0.4, 0.5) is 0 Å². The zero-order valence-corrected chi connectivity index (χ0v) is 10.7. The minimum Gasteiger partial charge on any atom is -0.254 e. The molecule has 0 spiro atoms. The van der Waals surface area contributed by atoms with Crippen molar-refractivity contribution >= 4 is 21.8 Å². The lowest BCUT2D eigenvalue weighted by Crippen LogP contribution is -1.90. The number of para-hydroxylation sites is 2. The topological polar surface area (TPSA) is 38.7 Å². The van der Waals surface area contributed by atoms with E-state index >= 15 is 0 Å². The van der Waals surface area contributed by atoms with Crippen LogP contribution >= 0.6 is 0 Å². The van der Waals surface area contributed by atoms with Crippen molar-refractivity contribution in [1.82, 2.24) is 15.0 Å². The van der Waals surface area contributed by atoms with E-state index in [1.54, 1.807) is 6.20 Å². The van der Waals surface area contributed by atoms with E-state index in [-0.39, 0.29) is 0 Å². The molecule has 4 aromatic rings. The van der Waals surface area contributed by atoms with Crippen LogP contribution in [-0.4, -0.2) is 15.0 Å². The summed E-state index contributed by atoms with van der Waals surface area (Å²) in [6.07, 6.45) is 3.65. The Morgan fingerprint density at radius 1 is 0.600 bits per heavy atom. The largest absolute Gasteiger partial charge is 0.254 e. The molecule has 2 aromatic heterocycles. The number of pyridine rings is 1. The van der Waals surface area contributed by atoms with E-state index in [1.807, 2.05) is 48.7 Å². The molecule has 0 aliphatic heterocycles. The Morgan fingerprint density at radius 2 is 1.35 bits per heavy atom. The molecule has 4 rings (SSSR count). The molecule has 0 amide bonds. The van der Waals surface area contributed by atoms with Gasteiger partial charge in [0.2, 0.25) is 0 Å². The lowest BCUT2D eigenvalue weighted by Gasteiger charge is -2.03. The molecule has 20 heavy (non-hydrogen) atoms. The standard InChI is InChI=1S/C17H11N3/c1-2-6-13-10-18-16(9-12(13)5-1)17-11-19-14-7-3-4-8-15(14)20-17/h1-11H. The van der Waals surface area contributed by atoms with Gasteiger partial charge in [0.1, 0.15) is 5.69 Å². The summed E-state index contributed by atoms with van der Waals surface area (Å²) in [4.78, 5) is 13.5. The molecule has 3 nitrogen and oxygen atoms in total. The molecule has 3 heteroatoms. The Balaban J connectivity index is 1.91. The van der Waals surface area contributed by atoms with Crippen molar-refractivity contribution < 1.29 is 0 Å². The minimum atomic E-state index is 0.800. The SMILES string of the molecule is c1ccc2cc(-c3cnc4ccccc4n3)ncc2c1. The van der Waals surface area contributed by atoms with Crippen molar-refractivity contribution in [2.45, 2.75) is 0 Å². The van der Waals surface area contributed by atoms with Gasteiger partial charge < -0.3 is 0 Å². The molecule has 2 heterocycles. The van der Waals surface area contributed by atoms with Gasteiger partial charge in [-0.15, -0.1) is 0 Å². The fourth-order valence-electron chi connectivity index (χ4n) is 2.30. The third-order valence-corrected chi connectivity index (χ3v) is 3.34. The summed E-state index contributed by atoms with van der Waals surface area (Å²) in [6, 6.07) is 18.1. The van der Waals surface area contributed by atoms with E-state index in [2.05, 4.69) is 27.1 Å². The van der Waals surface area contributed by atoms with Crippen molar-refractivity contribution in [3.63, 3.8) is 0 Å². The van der Waals surface area contributed by atoms with Gasteiger partial charge in [-0.3, -0.25) is 9.97 Å². The van der Waals surface area contributed by atoms with Gasteiger partial charge in [0.25, 0.3) is 0 Å². The van der Waals surface area contributed by atoms with E-state index < -0.39 is 0 Å². The molecule has 0 N–H and O–H groups in total. The highest BCUT2D eigenvalue weighted by Crippen LogP contribution is 2.21. The quantitative estimate of drug-likeness (QED) is 0.520. The van der Waals surface area contributed by atoms with Gasteiger partial charge in [-0.2, -0.15) is 0 Å². The molecule has 0 fully saturated rings. The lowest BCUT2D eigenvalue weighted by atomic mass is 10.1. The fraction of sp³-hybridized carbons (Fsp3) is 0. The molecule has 0 saturated heterocycles. The smallest absolute Gasteiger partial charge is 0.108 e. The number of aromatic nitrogens is 3. The van der Waals surface area contributed by atoms with Crippen LogP contribution in [0.15, 0.2) is 67.0 Å². The zero-order valence-electron chi connectivity index (χ0n) is 10.7. The maximum Gasteiger partial charge on any atom is 0.108 e. The first-order valence-electron chi connectivity index (χ1n) is 6.47. The van der Waals surface area contributed by atoms with Crippen LogP contribution in [0.1, 0.15) is 0 Å². The Labute approximate surface area is 116 Å². The molecule has 0 unspecified atom stereocenters. The van der Waals surface area contributed by atoms with Crippen molar-refractivity contribution in [2.24, 2.45) is 0 Å². The molecule has 2 aromatic carbocycles. The van der Waals surface area contributed by atoms with E-state index in [1.165, 1.54) is 0 Å². The fourth-order valence-corrected chi connectivity index (χ4v) is 2.30. The van der Waals surface area contributed by atoms with Crippen LogP contribution in [-0.2, 0) is 0 Å². The minimum absolute atomic E-state index is 0.800. The van der Waals surface area contributed by atoms with Crippen molar-refractivity contribution in [1.29, 1.82) is 0 Å². The first kappa shape index (κ1) is 11.1. The molecule has 0 aliphatic rings. The second-order valence-corrected chi connectivity index (χ2v) is 4.66. The summed E-state index contributed by atoms with van der Waals surface area (Å²) in [5.41, 5.74) is 3.44. The number of fused-ring (bicyclic) bond motifs is 2. The molecule has 0 bridgehead atoms. The molecule has 0 radical (unpaired) electrons. The Kier molecular flexibility index (Phi) is 2.42. The van der Waals surface area contributed by atoms with Crippen LogP contribution in [0, 0.1) is 0 Å². The predicted molar refractivity (Wildman–Crippen MR) is 80.3 cm³/mol. The normalized spacial score (nSPS) is 11.0. The number of benzene rings is 2. The molecule has 0 saturated carbocycles. The third kappa shape index (κ3) is 1.80. The van der Waals surface area contributed by atoms with Crippen molar-refractivity contribution in [3.05, 3.63) is 67.0 Å². The van der Waals surface area contributed by atoms with Gasteiger partial charge in [-0.05, 0) is 23.6 Å². The maximum absolute atomic E-state index is 4.63. The number of rotatable bonds is 1. The first-order chi connectivity index (χ1) is 9.90.